The number of nitrogens with one attached hydrogen (secondary N) is 1. The van der Waals surface area contributed by atoms with E-state index in [0.717, 1.165) is 12.0 Å². The standard InChI is InChI=1S/C14H20ClNO/c1-10(2)7-11(3)16-14(17)13-6-4-5-12(8-13)9-15/h4-6,8,10-11H,7,9H2,1-3H3,(H,16,17). The van der Waals surface area contributed by atoms with Crippen LogP contribution >= 0.6 is 11.6 Å². The molecule has 0 aliphatic carbocycles. The van der Waals surface area contributed by atoms with Crippen molar-refractivity contribution in [3.8, 4) is 0 Å². The predicted octanol–water partition coefficient (Wildman–Crippen LogP) is 3.59. The Morgan fingerprint density at radius 1 is 1.35 bits per heavy atom. The highest BCUT2D eigenvalue weighted by atomic mass is 35.5. The zero-order valence-electron chi connectivity index (χ0n) is 10.7. The lowest BCUT2D eigenvalue weighted by molar-refractivity contribution is 0.0936. The van der Waals surface area contributed by atoms with Crippen LogP contribution in [0.1, 0.15) is 43.1 Å². The van der Waals surface area contributed by atoms with Crippen LogP contribution in [0, 0.1) is 5.92 Å². The van der Waals surface area contributed by atoms with E-state index in [1.807, 2.05) is 31.2 Å². The van der Waals surface area contributed by atoms with Gasteiger partial charge in [0.05, 0.1) is 0 Å². The summed E-state index contributed by atoms with van der Waals surface area (Å²) in [7, 11) is 0. The molecule has 2 nitrogen and oxygen atoms in total. The summed E-state index contributed by atoms with van der Waals surface area (Å²) in [5.74, 6) is 0.993. The van der Waals surface area contributed by atoms with Crippen LogP contribution in [0.3, 0.4) is 0 Å². The smallest absolute Gasteiger partial charge is 0.251 e. The van der Waals surface area contributed by atoms with Gasteiger partial charge >= 0.3 is 0 Å². The highest BCUT2D eigenvalue weighted by Crippen LogP contribution is 2.09. The molecule has 0 saturated carbocycles. The van der Waals surface area contributed by atoms with Crippen LogP contribution in [-0.4, -0.2) is 11.9 Å². The predicted molar refractivity (Wildman–Crippen MR) is 72.4 cm³/mol. The molecule has 1 amide bonds. The topological polar surface area (TPSA) is 29.1 Å². The first kappa shape index (κ1) is 14.0. The maximum atomic E-state index is 12.0. The Balaban J connectivity index is 2.63. The van der Waals surface area contributed by atoms with Crippen molar-refractivity contribution >= 4 is 17.5 Å². The Hall–Kier alpha value is -1.02. The van der Waals surface area contributed by atoms with Gasteiger partial charge in [-0.25, -0.2) is 0 Å². The quantitative estimate of drug-likeness (QED) is 0.799. The van der Waals surface area contributed by atoms with Crippen LogP contribution < -0.4 is 5.32 Å². The van der Waals surface area contributed by atoms with E-state index in [9.17, 15) is 4.79 Å². The van der Waals surface area contributed by atoms with Gasteiger partial charge < -0.3 is 5.32 Å². The fourth-order valence-electron chi connectivity index (χ4n) is 1.87. The lowest BCUT2D eigenvalue weighted by atomic mass is 10.0. The summed E-state index contributed by atoms with van der Waals surface area (Å²) in [6, 6.07) is 7.63. The summed E-state index contributed by atoms with van der Waals surface area (Å²) in [6.07, 6.45) is 0.987. The number of carbonyl (C=O) groups excluding carboxylic acids is 1. The minimum Gasteiger partial charge on any atom is -0.350 e. The maximum Gasteiger partial charge on any atom is 0.251 e. The molecule has 3 heteroatoms. The monoisotopic (exact) mass is 253 g/mol. The van der Waals surface area contributed by atoms with Crippen molar-refractivity contribution < 1.29 is 4.79 Å². The second-order valence-corrected chi connectivity index (χ2v) is 5.11. The molecule has 94 valence electrons. The molecule has 0 heterocycles. The van der Waals surface area contributed by atoms with E-state index in [0.29, 0.717) is 17.4 Å². The normalized spacial score (nSPS) is 12.5. The molecule has 1 rings (SSSR count). The molecule has 1 N–H and O–H groups in total. The fraction of sp³-hybridized carbons (Fsp3) is 0.500. The number of alkyl halides is 1. The summed E-state index contributed by atoms with van der Waals surface area (Å²) in [4.78, 5) is 12.0. The Morgan fingerprint density at radius 3 is 2.65 bits per heavy atom. The van der Waals surface area contributed by atoms with Gasteiger partial charge in [0.1, 0.15) is 0 Å². The lowest BCUT2D eigenvalue weighted by Crippen LogP contribution is -2.33. The zero-order chi connectivity index (χ0) is 12.8. The van der Waals surface area contributed by atoms with Crippen LogP contribution in [0.4, 0.5) is 0 Å². The molecule has 0 aliphatic rings. The van der Waals surface area contributed by atoms with Crippen molar-refractivity contribution in [3.05, 3.63) is 35.4 Å². The number of hydrogen-bond donors (Lipinski definition) is 1. The van der Waals surface area contributed by atoms with Gasteiger partial charge in [-0.3, -0.25) is 4.79 Å². The van der Waals surface area contributed by atoms with Crippen LogP contribution in [-0.2, 0) is 5.88 Å². The van der Waals surface area contributed by atoms with Gasteiger partial charge in [-0.2, -0.15) is 0 Å². The summed E-state index contributed by atoms with van der Waals surface area (Å²) in [6.45, 7) is 6.33. The SMILES string of the molecule is CC(C)CC(C)NC(=O)c1cccc(CCl)c1. The molecule has 17 heavy (non-hydrogen) atoms. The number of rotatable bonds is 5. The van der Waals surface area contributed by atoms with Crippen molar-refractivity contribution in [3.63, 3.8) is 0 Å². The first-order valence-electron chi connectivity index (χ1n) is 5.98. The third kappa shape index (κ3) is 4.78. The van der Waals surface area contributed by atoms with Crippen LogP contribution in [0.25, 0.3) is 0 Å². The maximum absolute atomic E-state index is 12.0. The number of carbonyl (C=O) groups is 1. The largest absolute Gasteiger partial charge is 0.350 e. The average molecular weight is 254 g/mol. The molecule has 0 spiro atoms. The molecule has 0 bridgehead atoms. The molecule has 0 fully saturated rings. The molecule has 1 aromatic rings. The minimum absolute atomic E-state index is 0.0230. The van der Waals surface area contributed by atoms with E-state index >= 15 is 0 Å². The number of benzene rings is 1. The Kier molecular flexibility index (Phi) is 5.49. The van der Waals surface area contributed by atoms with Gasteiger partial charge in [0.25, 0.3) is 5.91 Å². The third-order valence-corrected chi connectivity index (χ3v) is 2.85. The number of halogens is 1. The van der Waals surface area contributed by atoms with Gasteiger partial charge in [0.2, 0.25) is 0 Å². The summed E-state index contributed by atoms with van der Waals surface area (Å²) in [5, 5.41) is 3.00. The van der Waals surface area contributed by atoms with Gasteiger partial charge in [-0.1, -0.05) is 26.0 Å². The molecule has 1 atom stereocenters. The number of hydrogen-bond acceptors (Lipinski definition) is 1. The van der Waals surface area contributed by atoms with Crippen molar-refractivity contribution in [1.29, 1.82) is 0 Å². The van der Waals surface area contributed by atoms with Crippen LogP contribution in [0.2, 0.25) is 0 Å². The van der Waals surface area contributed by atoms with Crippen LogP contribution in [0.5, 0.6) is 0 Å². The molecular weight excluding hydrogens is 234 g/mol. The van der Waals surface area contributed by atoms with Crippen molar-refractivity contribution in [2.24, 2.45) is 5.92 Å². The van der Waals surface area contributed by atoms with E-state index in [1.165, 1.54) is 0 Å². The first-order chi connectivity index (χ1) is 8.02. The molecule has 0 saturated heterocycles. The fourth-order valence-corrected chi connectivity index (χ4v) is 2.04. The average Bonchev–Trinajstić information content (AvgIpc) is 2.27. The highest BCUT2D eigenvalue weighted by Gasteiger charge is 2.11. The molecule has 0 aliphatic heterocycles. The molecule has 1 unspecified atom stereocenters. The Morgan fingerprint density at radius 2 is 2.06 bits per heavy atom. The first-order valence-corrected chi connectivity index (χ1v) is 6.52. The zero-order valence-corrected chi connectivity index (χ0v) is 11.4. The second kappa shape index (κ2) is 6.65. The van der Waals surface area contributed by atoms with E-state index in [2.05, 4.69) is 19.2 Å². The van der Waals surface area contributed by atoms with Crippen molar-refractivity contribution in [2.75, 3.05) is 0 Å². The van der Waals surface area contributed by atoms with E-state index in [1.54, 1.807) is 0 Å². The van der Waals surface area contributed by atoms with E-state index < -0.39 is 0 Å². The van der Waals surface area contributed by atoms with Gasteiger partial charge in [-0.05, 0) is 37.0 Å². The van der Waals surface area contributed by atoms with Crippen LogP contribution in [0.15, 0.2) is 24.3 Å². The Labute approximate surface area is 108 Å². The van der Waals surface area contributed by atoms with Crippen molar-refractivity contribution in [2.45, 2.75) is 39.1 Å². The summed E-state index contributed by atoms with van der Waals surface area (Å²) >= 11 is 5.75. The van der Waals surface area contributed by atoms with E-state index in [-0.39, 0.29) is 11.9 Å². The van der Waals surface area contributed by atoms with Gasteiger partial charge in [-0.15, -0.1) is 11.6 Å². The summed E-state index contributed by atoms with van der Waals surface area (Å²) < 4.78 is 0. The molecular formula is C14H20ClNO. The molecule has 0 aromatic heterocycles. The van der Waals surface area contributed by atoms with Crippen molar-refractivity contribution in [1.82, 2.24) is 5.32 Å². The molecule has 1 aromatic carbocycles. The van der Waals surface area contributed by atoms with Gasteiger partial charge in [0, 0.05) is 17.5 Å². The highest BCUT2D eigenvalue weighted by molar-refractivity contribution is 6.17. The summed E-state index contributed by atoms with van der Waals surface area (Å²) in [5.41, 5.74) is 1.65. The molecule has 0 radical (unpaired) electrons. The van der Waals surface area contributed by atoms with Gasteiger partial charge in [0.15, 0.2) is 0 Å². The minimum atomic E-state index is -0.0230. The number of amides is 1. The van der Waals surface area contributed by atoms with E-state index in [4.69, 9.17) is 11.6 Å². The Bertz CT molecular complexity index is 376. The lowest BCUT2D eigenvalue weighted by Gasteiger charge is -2.16. The second-order valence-electron chi connectivity index (χ2n) is 4.84. The third-order valence-electron chi connectivity index (χ3n) is 2.55.